The van der Waals surface area contributed by atoms with Crippen LogP contribution in [0.1, 0.15) is 27.1 Å². The molecule has 1 heterocycles. The number of hydrogen-bond acceptors (Lipinski definition) is 5. The van der Waals surface area contributed by atoms with Gasteiger partial charge in [0.15, 0.2) is 6.10 Å². The minimum Gasteiger partial charge on any atom is -0.467 e. The van der Waals surface area contributed by atoms with E-state index in [2.05, 4.69) is 4.74 Å². The Morgan fingerprint density at radius 2 is 1.70 bits per heavy atom. The number of imide groups is 1. The van der Waals surface area contributed by atoms with Crippen molar-refractivity contribution in [2.45, 2.75) is 12.5 Å². The lowest BCUT2D eigenvalue weighted by atomic mass is 10.1. The molecule has 1 aromatic rings. The Kier molecular flexibility index (Phi) is 4.14. The molecule has 0 N–H and O–H groups in total. The van der Waals surface area contributed by atoms with E-state index in [0.717, 1.165) is 4.90 Å². The maximum absolute atomic E-state index is 12.1. The number of amides is 2. The molecule has 0 aliphatic carbocycles. The van der Waals surface area contributed by atoms with E-state index in [9.17, 15) is 14.4 Å². The molecule has 0 saturated heterocycles. The summed E-state index contributed by atoms with van der Waals surface area (Å²) in [5, 5.41) is 0. The summed E-state index contributed by atoms with van der Waals surface area (Å²) in [6.45, 7) is 0.111. The first-order chi connectivity index (χ1) is 9.60. The zero-order valence-corrected chi connectivity index (χ0v) is 11.3. The summed E-state index contributed by atoms with van der Waals surface area (Å²) in [6, 6.07) is 6.65. The number of fused-ring (bicyclic) bond motifs is 1. The van der Waals surface area contributed by atoms with E-state index in [4.69, 9.17) is 4.74 Å². The van der Waals surface area contributed by atoms with Gasteiger partial charge in [-0.05, 0) is 12.1 Å². The summed E-state index contributed by atoms with van der Waals surface area (Å²) >= 11 is 0. The van der Waals surface area contributed by atoms with Gasteiger partial charge < -0.3 is 9.47 Å². The molecular weight excluding hydrogens is 262 g/mol. The van der Waals surface area contributed by atoms with Crippen molar-refractivity contribution in [2.75, 3.05) is 20.8 Å². The molecule has 0 radical (unpaired) electrons. The van der Waals surface area contributed by atoms with Gasteiger partial charge in [-0.15, -0.1) is 0 Å². The molecule has 0 aromatic heterocycles. The Morgan fingerprint density at radius 1 is 1.15 bits per heavy atom. The van der Waals surface area contributed by atoms with E-state index in [-0.39, 0.29) is 24.8 Å². The summed E-state index contributed by atoms with van der Waals surface area (Å²) < 4.78 is 9.57. The number of ether oxygens (including phenoxy) is 2. The van der Waals surface area contributed by atoms with Crippen LogP contribution < -0.4 is 0 Å². The van der Waals surface area contributed by atoms with Gasteiger partial charge in [0, 0.05) is 20.1 Å². The smallest absolute Gasteiger partial charge is 0.335 e. The number of carbonyl (C=O) groups excluding carboxylic acids is 3. The second-order valence-corrected chi connectivity index (χ2v) is 4.34. The highest BCUT2D eigenvalue weighted by atomic mass is 16.6. The maximum Gasteiger partial charge on any atom is 0.335 e. The van der Waals surface area contributed by atoms with Crippen LogP contribution in [0.3, 0.4) is 0 Å². The third-order valence-electron chi connectivity index (χ3n) is 3.24. The highest BCUT2D eigenvalue weighted by Gasteiger charge is 2.35. The fourth-order valence-corrected chi connectivity index (χ4v) is 2.15. The van der Waals surface area contributed by atoms with Crippen LogP contribution in [0.25, 0.3) is 0 Å². The van der Waals surface area contributed by atoms with Crippen LogP contribution in [0.4, 0.5) is 0 Å². The van der Waals surface area contributed by atoms with Gasteiger partial charge in [-0.25, -0.2) is 4.79 Å². The number of benzene rings is 1. The molecular formula is C14H15NO5. The van der Waals surface area contributed by atoms with Gasteiger partial charge in [-0.3, -0.25) is 14.5 Å². The van der Waals surface area contributed by atoms with Gasteiger partial charge in [0.1, 0.15) is 0 Å². The SMILES string of the molecule is COC(=O)C(CCN1C(=O)c2ccccc2C1=O)OC. The number of nitrogens with zero attached hydrogens (tertiary/aromatic N) is 1. The monoisotopic (exact) mass is 277 g/mol. The average Bonchev–Trinajstić information content (AvgIpc) is 2.72. The third kappa shape index (κ3) is 2.42. The molecule has 1 unspecified atom stereocenters. The van der Waals surface area contributed by atoms with E-state index in [1.807, 2.05) is 0 Å². The molecule has 0 bridgehead atoms. The Labute approximate surface area is 116 Å². The number of esters is 1. The van der Waals surface area contributed by atoms with Crippen molar-refractivity contribution in [2.24, 2.45) is 0 Å². The molecule has 1 aliphatic heterocycles. The fourth-order valence-electron chi connectivity index (χ4n) is 2.15. The fraction of sp³-hybridized carbons (Fsp3) is 0.357. The van der Waals surface area contributed by atoms with Gasteiger partial charge in [0.25, 0.3) is 11.8 Å². The van der Waals surface area contributed by atoms with Crippen molar-refractivity contribution in [1.82, 2.24) is 4.90 Å². The lowest BCUT2D eigenvalue weighted by Gasteiger charge is -2.17. The average molecular weight is 277 g/mol. The number of hydrogen-bond donors (Lipinski definition) is 0. The van der Waals surface area contributed by atoms with Crippen LogP contribution in [-0.2, 0) is 14.3 Å². The normalized spacial score (nSPS) is 15.2. The lowest BCUT2D eigenvalue weighted by Crippen LogP contribution is -2.35. The first kappa shape index (κ1) is 14.2. The van der Waals surface area contributed by atoms with E-state index in [0.29, 0.717) is 11.1 Å². The van der Waals surface area contributed by atoms with Crippen LogP contribution in [0.15, 0.2) is 24.3 Å². The molecule has 6 heteroatoms. The van der Waals surface area contributed by atoms with Crippen molar-refractivity contribution >= 4 is 17.8 Å². The molecule has 1 aromatic carbocycles. The third-order valence-corrected chi connectivity index (χ3v) is 3.24. The summed E-state index contributed by atoms with van der Waals surface area (Å²) in [7, 11) is 2.64. The molecule has 20 heavy (non-hydrogen) atoms. The zero-order valence-electron chi connectivity index (χ0n) is 11.3. The summed E-state index contributed by atoms with van der Waals surface area (Å²) in [6.07, 6.45) is -0.585. The first-order valence-corrected chi connectivity index (χ1v) is 6.16. The van der Waals surface area contributed by atoms with Gasteiger partial charge in [0.2, 0.25) is 0 Å². The Morgan fingerprint density at radius 3 is 2.15 bits per heavy atom. The molecule has 0 fully saturated rings. The van der Waals surface area contributed by atoms with Crippen LogP contribution in [-0.4, -0.2) is 49.6 Å². The molecule has 1 aliphatic rings. The maximum atomic E-state index is 12.1. The minimum absolute atomic E-state index is 0.111. The second-order valence-electron chi connectivity index (χ2n) is 4.34. The summed E-state index contributed by atoms with van der Waals surface area (Å²) in [5.41, 5.74) is 0.786. The van der Waals surface area contributed by atoms with E-state index in [1.165, 1.54) is 14.2 Å². The number of rotatable bonds is 5. The molecule has 6 nitrogen and oxygen atoms in total. The molecule has 0 saturated carbocycles. The minimum atomic E-state index is -0.788. The lowest BCUT2D eigenvalue weighted by molar-refractivity contribution is -0.152. The van der Waals surface area contributed by atoms with Crippen LogP contribution in [0, 0.1) is 0 Å². The van der Waals surface area contributed by atoms with Gasteiger partial charge in [0.05, 0.1) is 18.2 Å². The first-order valence-electron chi connectivity index (χ1n) is 6.16. The highest BCUT2D eigenvalue weighted by Crippen LogP contribution is 2.22. The quantitative estimate of drug-likeness (QED) is 0.589. The van der Waals surface area contributed by atoms with E-state index in [1.54, 1.807) is 24.3 Å². The molecule has 1 atom stereocenters. The van der Waals surface area contributed by atoms with E-state index < -0.39 is 12.1 Å². The van der Waals surface area contributed by atoms with Crippen molar-refractivity contribution in [3.8, 4) is 0 Å². The standard InChI is InChI=1S/C14H15NO5/c1-19-11(14(18)20-2)7-8-15-12(16)9-5-3-4-6-10(9)13(15)17/h3-6,11H,7-8H2,1-2H3. The topological polar surface area (TPSA) is 72.9 Å². The Hall–Kier alpha value is -2.21. The van der Waals surface area contributed by atoms with Gasteiger partial charge in [-0.2, -0.15) is 0 Å². The number of methoxy groups -OCH3 is 2. The van der Waals surface area contributed by atoms with Crippen molar-refractivity contribution in [3.63, 3.8) is 0 Å². The summed E-state index contributed by atoms with van der Waals surface area (Å²) in [5.74, 6) is -1.21. The summed E-state index contributed by atoms with van der Waals surface area (Å²) in [4.78, 5) is 36.7. The predicted molar refractivity (Wildman–Crippen MR) is 69.2 cm³/mol. The Bertz CT molecular complexity index is 519. The van der Waals surface area contributed by atoms with Gasteiger partial charge in [-0.1, -0.05) is 12.1 Å². The molecule has 2 rings (SSSR count). The predicted octanol–water partition coefficient (Wildman–Crippen LogP) is 0.861. The Balaban J connectivity index is 2.07. The van der Waals surface area contributed by atoms with Crippen LogP contribution >= 0.6 is 0 Å². The van der Waals surface area contributed by atoms with Crippen LogP contribution in [0.5, 0.6) is 0 Å². The van der Waals surface area contributed by atoms with Crippen molar-refractivity contribution in [3.05, 3.63) is 35.4 Å². The molecule has 2 amide bonds. The largest absolute Gasteiger partial charge is 0.467 e. The number of carbonyl (C=O) groups is 3. The molecule has 106 valence electrons. The second kappa shape index (κ2) is 5.83. The molecule has 0 spiro atoms. The van der Waals surface area contributed by atoms with Crippen molar-refractivity contribution in [1.29, 1.82) is 0 Å². The highest BCUT2D eigenvalue weighted by molar-refractivity contribution is 6.21. The van der Waals surface area contributed by atoms with Crippen LogP contribution in [0.2, 0.25) is 0 Å². The zero-order chi connectivity index (χ0) is 14.7. The van der Waals surface area contributed by atoms with Crippen molar-refractivity contribution < 1.29 is 23.9 Å². The van der Waals surface area contributed by atoms with Gasteiger partial charge >= 0.3 is 5.97 Å². The van der Waals surface area contributed by atoms with E-state index >= 15 is 0 Å².